The summed E-state index contributed by atoms with van der Waals surface area (Å²) in [6.07, 6.45) is 4.00. The van der Waals surface area contributed by atoms with E-state index < -0.39 is 12.1 Å². The largest absolute Gasteiger partial charge is 0.479 e. The van der Waals surface area contributed by atoms with E-state index in [4.69, 9.17) is 15.6 Å². The molecule has 0 aromatic carbocycles. The molecular formula is C9H17NO3. The number of carboxylic acid groups (broad SMARTS) is 1. The minimum atomic E-state index is -0.958. The molecular weight excluding hydrogens is 170 g/mol. The van der Waals surface area contributed by atoms with Crippen molar-refractivity contribution < 1.29 is 14.6 Å². The zero-order valence-electron chi connectivity index (χ0n) is 7.74. The molecule has 0 saturated heterocycles. The Morgan fingerprint density at radius 3 is 2.62 bits per heavy atom. The lowest BCUT2D eigenvalue weighted by atomic mass is 10.1. The molecule has 1 aliphatic carbocycles. The third kappa shape index (κ3) is 3.32. The second kappa shape index (κ2) is 5.19. The number of hydrogen-bond donors (Lipinski definition) is 2. The second-order valence-electron chi connectivity index (χ2n) is 3.55. The molecule has 76 valence electrons. The van der Waals surface area contributed by atoms with E-state index in [0.717, 1.165) is 12.8 Å². The summed E-state index contributed by atoms with van der Waals surface area (Å²) in [5, 5.41) is 8.64. The molecule has 1 aliphatic rings. The van der Waals surface area contributed by atoms with Crippen LogP contribution in [-0.2, 0) is 9.53 Å². The Bertz CT molecular complexity index is 166. The molecule has 0 heterocycles. The molecule has 13 heavy (non-hydrogen) atoms. The van der Waals surface area contributed by atoms with E-state index in [1.807, 2.05) is 0 Å². The van der Waals surface area contributed by atoms with E-state index >= 15 is 0 Å². The maximum Gasteiger partial charge on any atom is 0.334 e. The van der Waals surface area contributed by atoms with Crippen molar-refractivity contribution in [2.75, 3.05) is 13.2 Å². The molecule has 4 nitrogen and oxygen atoms in total. The van der Waals surface area contributed by atoms with Crippen molar-refractivity contribution in [2.24, 2.45) is 11.7 Å². The van der Waals surface area contributed by atoms with Crippen molar-refractivity contribution in [2.45, 2.75) is 31.8 Å². The smallest absolute Gasteiger partial charge is 0.334 e. The highest BCUT2D eigenvalue weighted by Gasteiger charge is 2.20. The highest BCUT2D eigenvalue weighted by atomic mass is 16.5. The first-order valence-corrected chi connectivity index (χ1v) is 4.78. The monoisotopic (exact) mass is 187 g/mol. The summed E-state index contributed by atoms with van der Waals surface area (Å²) >= 11 is 0. The fourth-order valence-electron chi connectivity index (χ4n) is 1.67. The summed E-state index contributed by atoms with van der Waals surface area (Å²) in [6, 6.07) is 0. The third-order valence-corrected chi connectivity index (χ3v) is 2.50. The van der Waals surface area contributed by atoms with Crippen molar-refractivity contribution in [3.8, 4) is 0 Å². The van der Waals surface area contributed by atoms with Crippen LogP contribution in [0.1, 0.15) is 25.7 Å². The minimum absolute atomic E-state index is 0.0576. The molecule has 1 unspecified atom stereocenters. The molecule has 0 radical (unpaired) electrons. The van der Waals surface area contributed by atoms with Crippen molar-refractivity contribution in [1.82, 2.24) is 0 Å². The second-order valence-corrected chi connectivity index (χ2v) is 3.55. The van der Waals surface area contributed by atoms with Crippen LogP contribution in [0.2, 0.25) is 0 Å². The van der Waals surface area contributed by atoms with Gasteiger partial charge in [-0.25, -0.2) is 4.79 Å². The quantitative estimate of drug-likeness (QED) is 0.661. The molecule has 0 amide bonds. The number of hydrogen-bond acceptors (Lipinski definition) is 3. The molecule has 0 bridgehead atoms. The summed E-state index contributed by atoms with van der Waals surface area (Å²) in [4.78, 5) is 10.5. The van der Waals surface area contributed by atoms with E-state index in [9.17, 15) is 4.79 Å². The number of rotatable bonds is 5. The van der Waals surface area contributed by atoms with Crippen molar-refractivity contribution in [3.63, 3.8) is 0 Å². The maximum atomic E-state index is 10.5. The minimum Gasteiger partial charge on any atom is -0.479 e. The third-order valence-electron chi connectivity index (χ3n) is 2.50. The van der Waals surface area contributed by atoms with Gasteiger partial charge in [-0.1, -0.05) is 12.8 Å². The van der Waals surface area contributed by atoms with Crippen molar-refractivity contribution in [1.29, 1.82) is 0 Å². The number of aliphatic carboxylic acids is 1. The van der Waals surface area contributed by atoms with Gasteiger partial charge in [0, 0.05) is 6.54 Å². The van der Waals surface area contributed by atoms with Crippen molar-refractivity contribution >= 4 is 5.97 Å². The molecule has 1 saturated carbocycles. The lowest BCUT2D eigenvalue weighted by Crippen LogP contribution is -2.33. The Labute approximate surface area is 78.1 Å². The molecule has 4 heteroatoms. The molecule has 1 fully saturated rings. The average molecular weight is 187 g/mol. The number of ether oxygens (including phenoxy) is 1. The lowest BCUT2D eigenvalue weighted by molar-refractivity contribution is -0.150. The van der Waals surface area contributed by atoms with Gasteiger partial charge in [-0.05, 0) is 18.8 Å². The molecule has 0 aliphatic heterocycles. The first kappa shape index (κ1) is 10.5. The first-order valence-electron chi connectivity index (χ1n) is 4.78. The summed E-state index contributed by atoms with van der Waals surface area (Å²) < 4.78 is 5.21. The van der Waals surface area contributed by atoms with Crippen LogP contribution >= 0.6 is 0 Å². The van der Waals surface area contributed by atoms with Crippen molar-refractivity contribution in [3.05, 3.63) is 0 Å². The van der Waals surface area contributed by atoms with Crippen LogP contribution < -0.4 is 5.73 Å². The topological polar surface area (TPSA) is 72.5 Å². The first-order chi connectivity index (χ1) is 6.24. The van der Waals surface area contributed by atoms with Crippen LogP contribution in [-0.4, -0.2) is 30.3 Å². The van der Waals surface area contributed by atoms with E-state index in [1.165, 1.54) is 12.8 Å². The van der Waals surface area contributed by atoms with Crippen LogP contribution in [0.15, 0.2) is 0 Å². The van der Waals surface area contributed by atoms with Crippen LogP contribution in [0, 0.1) is 5.92 Å². The van der Waals surface area contributed by atoms with Gasteiger partial charge < -0.3 is 15.6 Å². The van der Waals surface area contributed by atoms with Gasteiger partial charge in [-0.3, -0.25) is 0 Å². The van der Waals surface area contributed by atoms with Gasteiger partial charge in [0.2, 0.25) is 0 Å². The highest BCUT2D eigenvalue weighted by Crippen LogP contribution is 2.24. The standard InChI is InChI=1S/C9H17NO3/c10-5-8(9(11)12)13-6-7-3-1-2-4-7/h7-8H,1-6,10H2,(H,11,12). The predicted molar refractivity (Wildman–Crippen MR) is 48.4 cm³/mol. The number of nitrogens with two attached hydrogens (primary N) is 1. The van der Waals surface area contributed by atoms with Crippen LogP contribution in [0.4, 0.5) is 0 Å². The Balaban J connectivity index is 2.18. The molecule has 0 aromatic heterocycles. The van der Waals surface area contributed by atoms with E-state index in [-0.39, 0.29) is 6.54 Å². The van der Waals surface area contributed by atoms with Crippen LogP contribution in [0.25, 0.3) is 0 Å². The fourth-order valence-corrected chi connectivity index (χ4v) is 1.67. The molecule has 3 N–H and O–H groups in total. The van der Waals surface area contributed by atoms with Crippen LogP contribution in [0.3, 0.4) is 0 Å². The van der Waals surface area contributed by atoms with Gasteiger partial charge in [0.05, 0.1) is 6.61 Å². The lowest BCUT2D eigenvalue weighted by Gasteiger charge is -2.14. The van der Waals surface area contributed by atoms with E-state index in [1.54, 1.807) is 0 Å². The summed E-state index contributed by atoms with van der Waals surface area (Å²) in [7, 11) is 0. The normalized spacial score (nSPS) is 20.4. The fraction of sp³-hybridized carbons (Fsp3) is 0.889. The van der Waals surface area contributed by atoms with E-state index in [2.05, 4.69) is 0 Å². The predicted octanol–water partition coefficient (Wildman–Crippen LogP) is 0.605. The van der Waals surface area contributed by atoms with Gasteiger partial charge in [0.1, 0.15) is 0 Å². The van der Waals surface area contributed by atoms with Gasteiger partial charge in [-0.2, -0.15) is 0 Å². The van der Waals surface area contributed by atoms with Gasteiger partial charge in [0.15, 0.2) is 6.10 Å². The van der Waals surface area contributed by atoms with E-state index in [0.29, 0.717) is 12.5 Å². The molecule has 0 aromatic rings. The zero-order chi connectivity index (χ0) is 9.68. The Hall–Kier alpha value is -0.610. The average Bonchev–Trinajstić information content (AvgIpc) is 2.57. The zero-order valence-corrected chi connectivity index (χ0v) is 7.74. The summed E-state index contributed by atoms with van der Waals surface area (Å²) in [6.45, 7) is 0.607. The summed E-state index contributed by atoms with van der Waals surface area (Å²) in [5.41, 5.74) is 5.25. The highest BCUT2D eigenvalue weighted by molar-refractivity contribution is 5.72. The molecule has 1 atom stereocenters. The molecule has 0 spiro atoms. The molecule has 1 rings (SSSR count). The Morgan fingerprint density at radius 2 is 2.15 bits per heavy atom. The van der Waals surface area contributed by atoms with Gasteiger partial charge in [0.25, 0.3) is 0 Å². The number of carbonyl (C=O) groups is 1. The Kier molecular flexibility index (Phi) is 4.18. The SMILES string of the molecule is NCC(OCC1CCCC1)C(=O)O. The number of carboxylic acids is 1. The Morgan fingerprint density at radius 1 is 1.54 bits per heavy atom. The summed E-state index contributed by atoms with van der Waals surface area (Å²) in [5.74, 6) is -0.408. The maximum absolute atomic E-state index is 10.5. The van der Waals surface area contributed by atoms with Crippen LogP contribution in [0.5, 0.6) is 0 Å². The van der Waals surface area contributed by atoms with Gasteiger partial charge >= 0.3 is 5.97 Å². The van der Waals surface area contributed by atoms with Gasteiger partial charge in [-0.15, -0.1) is 0 Å².